The maximum Gasteiger partial charge on any atom is 0.319 e. The molecule has 1 N–H and O–H groups in total. The van der Waals surface area contributed by atoms with Crippen LogP contribution in [-0.2, 0) is 17.6 Å². The first-order chi connectivity index (χ1) is 11.5. The number of ether oxygens (including phenoxy) is 1. The monoisotopic (exact) mass is 328 g/mol. The summed E-state index contributed by atoms with van der Waals surface area (Å²) in [6.45, 7) is 3.61. The molecule has 126 valence electrons. The Balaban J connectivity index is 1.90. The lowest BCUT2D eigenvalue weighted by molar-refractivity contribution is -0.137. The number of hydrogen-bond acceptors (Lipinski definition) is 3. The first kappa shape index (κ1) is 16.7. The van der Waals surface area contributed by atoms with E-state index in [1.54, 1.807) is 12.1 Å². The van der Waals surface area contributed by atoms with Crippen LogP contribution in [0.4, 0.5) is 4.39 Å². The maximum absolute atomic E-state index is 14.4. The Hall–Kier alpha value is -2.20. The van der Waals surface area contributed by atoms with Gasteiger partial charge < -0.3 is 9.84 Å². The second-order valence-corrected chi connectivity index (χ2v) is 6.30. The van der Waals surface area contributed by atoms with Crippen molar-refractivity contribution in [3.63, 3.8) is 0 Å². The summed E-state index contributed by atoms with van der Waals surface area (Å²) in [4.78, 5) is 12.4. The first-order valence-corrected chi connectivity index (χ1v) is 8.31. The van der Waals surface area contributed by atoms with Crippen molar-refractivity contribution in [3.8, 4) is 5.75 Å². The zero-order valence-electron chi connectivity index (χ0n) is 13.9. The van der Waals surface area contributed by atoms with E-state index in [0.717, 1.165) is 18.4 Å². The molecule has 0 saturated carbocycles. The van der Waals surface area contributed by atoms with Crippen molar-refractivity contribution in [3.05, 3.63) is 64.5 Å². The molecule has 2 aromatic carbocycles. The lowest BCUT2D eigenvalue weighted by Crippen LogP contribution is -2.27. The summed E-state index contributed by atoms with van der Waals surface area (Å²) in [7, 11) is 0. The van der Waals surface area contributed by atoms with Crippen molar-refractivity contribution in [2.45, 2.75) is 45.1 Å². The lowest BCUT2D eigenvalue weighted by Gasteiger charge is -2.25. The minimum absolute atomic E-state index is 0.0442. The Bertz CT molecular complexity index is 750. The van der Waals surface area contributed by atoms with E-state index in [1.807, 2.05) is 24.3 Å². The Morgan fingerprint density at radius 2 is 1.96 bits per heavy atom. The number of rotatable bonds is 4. The summed E-state index contributed by atoms with van der Waals surface area (Å²) in [6.07, 6.45) is 1.53. The predicted molar refractivity (Wildman–Crippen MR) is 89.6 cm³/mol. The highest BCUT2D eigenvalue weighted by molar-refractivity contribution is 5.83. The van der Waals surface area contributed by atoms with Gasteiger partial charge >= 0.3 is 5.97 Å². The van der Waals surface area contributed by atoms with Gasteiger partial charge in [0, 0.05) is 5.56 Å². The van der Waals surface area contributed by atoms with E-state index in [1.165, 1.54) is 12.5 Å². The van der Waals surface area contributed by atoms with Gasteiger partial charge in [0.15, 0.2) is 11.6 Å². The number of aliphatic hydroxyl groups excluding tert-OH is 1. The molecule has 0 aromatic heterocycles. The van der Waals surface area contributed by atoms with Gasteiger partial charge in [0.2, 0.25) is 0 Å². The number of hydrogen-bond donors (Lipinski definition) is 1. The van der Waals surface area contributed by atoms with Crippen LogP contribution in [0, 0.1) is 5.82 Å². The molecule has 1 aliphatic heterocycles. The number of aryl methyl sites for hydroxylation is 1. The molecule has 3 nitrogen and oxygen atoms in total. The predicted octanol–water partition coefficient (Wildman–Crippen LogP) is 4.08. The summed E-state index contributed by atoms with van der Waals surface area (Å²) >= 11 is 0. The average Bonchev–Trinajstić information content (AvgIpc) is 2.56. The molecular weight excluding hydrogens is 307 g/mol. The number of carbonyl (C=O) groups excluding carboxylic acids is 1. The molecule has 3 rings (SSSR count). The van der Waals surface area contributed by atoms with Gasteiger partial charge in [-0.3, -0.25) is 4.79 Å². The van der Waals surface area contributed by atoms with Crippen molar-refractivity contribution in [2.75, 3.05) is 0 Å². The summed E-state index contributed by atoms with van der Waals surface area (Å²) in [6, 6.07) is 11.2. The second-order valence-electron chi connectivity index (χ2n) is 6.30. The number of carbonyl (C=O) groups is 1. The van der Waals surface area contributed by atoms with Gasteiger partial charge in [0.05, 0.1) is 12.0 Å². The van der Waals surface area contributed by atoms with E-state index in [9.17, 15) is 14.3 Å². The van der Waals surface area contributed by atoms with Crippen molar-refractivity contribution in [1.82, 2.24) is 0 Å². The molecule has 0 bridgehead atoms. The van der Waals surface area contributed by atoms with Gasteiger partial charge in [-0.05, 0) is 36.5 Å². The van der Waals surface area contributed by atoms with Crippen LogP contribution in [-0.4, -0.2) is 11.1 Å². The van der Waals surface area contributed by atoms with Crippen molar-refractivity contribution in [2.24, 2.45) is 0 Å². The summed E-state index contributed by atoms with van der Waals surface area (Å²) < 4.78 is 19.7. The Labute approximate surface area is 141 Å². The highest BCUT2D eigenvalue weighted by Crippen LogP contribution is 2.37. The minimum Gasteiger partial charge on any atom is -0.423 e. The third-order valence-electron chi connectivity index (χ3n) is 4.49. The number of halogens is 1. The van der Waals surface area contributed by atoms with Crippen molar-refractivity contribution in [1.29, 1.82) is 0 Å². The van der Waals surface area contributed by atoms with Gasteiger partial charge in [0.25, 0.3) is 0 Å². The van der Waals surface area contributed by atoms with Crippen molar-refractivity contribution < 1.29 is 19.0 Å². The molecule has 0 radical (unpaired) electrons. The zero-order valence-corrected chi connectivity index (χ0v) is 13.9. The first-order valence-electron chi connectivity index (χ1n) is 8.31. The normalized spacial score (nSPS) is 18.0. The number of benzene rings is 2. The van der Waals surface area contributed by atoms with Crippen LogP contribution in [0.5, 0.6) is 5.75 Å². The molecule has 1 heterocycles. The number of esters is 1. The Morgan fingerprint density at radius 3 is 2.58 bits per heavy atom. The molecule has 2 unspecified atom stereocenters. The smallest absolute Gasteiger partial charge is 0.319 e. The highest BCUT2D eigenvalue weighted by Gasteiger charge is 2.32. The standard InChI is InChI=1S/C20H21FO3/c1-3-4-13-5-7-14(8-6-13)17-11-15-9-10-16(12(2)22)18(21)19(15)24-20(17)23/h5-10,12,17,22H,3-4,11H2,1-2H3. The van der Waals surface area contributed by atoms with Crippen LogP contribution in [0.25, 0.3) is 0 Å². The topological polar surface area (TPSA) is 46.5 Å². The molecule has 0 amide bonds. The molecule has 0 aliphatic carbocycles. The van der Waals surface area contributed by atoms with E-state index in [2.05, 4.69) is 6.92 Å². The van der Waals surface area contributed by atoms with Gasteiger partial charge in [-0.15, -0.1) is 0 Å². The molecule has 0 fully saturated rings. The lowest BCUT2D eigenvalue weighted by atomic mass is 9.88. The highest BCUT2D eigenvalue weighted by atomic mass is 19.1. The van der Waals surface area contributed by atoms with Gasteiger partial charge in [0.1, 0.15) is 0 Å². The van der Waals surface area contributed by atoms with E-state index < -0.39 is 23.8 Å². The SMILES string of the molecule is CCCc1ccc(C2Cc3ccc(C(C)O)c(F)c3OC2=O)cc1. The summed E-state index contributed by atoms with van der Waals surface area (Å²) in [5.74, 6) is -1.57. The third kappa shape index (κ3) is 3.06. The molecule has 2 atom stereocenters. The van der Waals surface area contributed by atoms with Crippen LogP contribution in [0.15, 0.2) is 36.4 Å². The van der Waals surface area contributed by atoms with Crippen LogP contribution in [0.1, 0.15) is 54.5 Å². The second kappa shape index (κ2) is 6.73. The fraction of sp³-hybridized carbons (Fsp3) is 0.350. The number of fused-ring (bicyclic) bond motifs is 1. The summed E-state index contributed by atoms with van der Waals surface area (Å²) in [5.41, 5.74) is 2.91. The zero-order chi connectivity index (χ0) is 17.3. The molecule has 1 aliphatic rings. The van der Waals surface area contributed by atoms with E-state index >= 15 is 0 Å². The molecular formula is C20H21FO3. The maximum atomic E-state index is 14.4. The molecule has 24 heavy (non-hydrogen) atoms. The Morgan fingerprint density at radius 1 is 1.25 bits per heavy atom. The van der Waals surface area contributed by atoms with Gasteiger partial charge in [-0.25, -0.2) is 4.39 Å². The fourth-order valence-corrected chi connectivity index (χ4v) is 3.14. The molecule has 4 heteroatoms. The van der Waals surface area contributed by atoms with Crippen LogP contribution in [0.2, 0.25) is 0 Å². The van der Waals surface area contributed by atoms with Gasteiger partial charge in [-0.2, -0.15) is 0 Å². The minimum atomic E-state index is -0.946. The average molecular weight is 328 g/mol. The molecule has 0 saturated heterocycles. The van der Waals surface area contributed by atoms with E-state index in [-0.39, 0.29) is 11.3 Å². The van der Waals surface area contributed by atoms with E-state index in [0.29, 0.717) is 12.0 Å². The molecule has 0 spiro atoms. The number of aliphatic hydroxyl groups is 1. The summed E-state index contributed by atoms with van der Waals surface area (Å²) in [5, 5.41) is 9.59. The van der Waals surface area contributed by atoms with Crippen LogP contribution < -0.4 is 4.74 Å². The molecule has 2 aromatic rings. The fourth-order valence-electron chi connectivity index (χ4n) is 3.14. The quantitative estimate of drug-likeness (QED) is 0.679. The Kier molecular flexibility index (Phi) is 4.67. The largest absolute Gasteiger partial charge is 0.423 e. The third-order valence-corrected chi connectivity index (χ3v) is 4.49. The van der Waals surface area contributed by atoms with Crippen LogP contribution in [0.3, 0.4) is 0 Å². The van der Waals surface area contributed by atoms with Crippen molar-refractivity contribution >= 4 is 5.97 Å². The van der Waals surface area contributed by atoms with E-state index in [4.69, 9.17) is 4.74 Å². The van der Waals surface area contributed by atoms with Crippen LogP contribution >= 0.6 is 0 Å². The van der Waals surface area contributed by atoms with Gasteiger partial charge in [-0.1, -0.05) is 49.7 Å².